The van der Waals surface area contributed by atoms with Crippen LogP contribution in [0.5, 0.6) is 0 Å². The van der Waals surface area contributed by atoms with Gasteiger partial charge < -0.3 is 10.2 Å². The van der Waals surface area contributed by atoms with Gasteiger partial charge in [-0.25, -0.2) is 9.97 Å². The maximum atomic E-state index is 4.38. The average Bonchev–Trinajstić information content (AvgIpc) is 2.61. The molecule has 0 saturated heterocycles. The zero-order chi connectivity index (χ0) is 16.8. The fourth-order valence-corrected chi connectivity index (χ4v) is 2.61. The largest absolute Gasteiger partial charge is 0.366 e. The van der Waals surface area contributed by atoms with Crippen LogP contribution in [0.4, 0.5) is 11.6 Å². The Morgan fingerprint density at radius 1 is 0.917 bits per heavy atom. The van der Waals surface area contributed by atoms with Crippen LogP contribution in [0.3, 0.4) is 0 Å². The first-order chi connectivity index (χ1) is 11.7. The third kappa shape index (κ3) is 4.32. The van der Waals surface area contributed by atoms with Crippen molar-refractivity contribution < 1.29 is 0 Å². The summed E-state index contributed by atoms with van der Waals surface area (Å²) in [5.41, 5.74) is 3.76. The lowest BCUT2D eigenvalue weighted by Crippen LogP contribution is -2.18. The fourth-order valence-electron chi connectivity index (χ4n) is 2.61. The van der Waals surface area contributed by atoms with Gasteiger partial charge in [-0.2, -0.15) is 0 Å². The lowest BCUT2D eigenvalue weighted by Gasteiger charge is -2.18. The smallest absolute Gasteiger partial charge is 0.134 e. The van der Waals surface area contributed by atoms with E-state index in [1.807, 2.05) is 19.2 Å². The molecule has 0 unspecified atom stereocenters. The van der Waals surface area contributed by atoms with Gasteiger partial charge in [0.05, 0.1) is 0 Å². The van der Waals surface area contributed by atoms with Crippen LogP contribution >= 0.6 is 0 Å². The molecule has 4 nitrogen and oxygen atoms in total. The van der Waals surface area contributed by atoms with E-state index in [9.17, 15) is 0 Å². The van der Waals surface area contributed by atoms with Gasteiger partial charge in [0.15, 0.2) is 0 Å². The molecule has 4 heteroatoms. The van der Waals surface area contributed by atoms with Crippen LogP contribution in [0, 0.1) is 6.92 Å². The second-order valence-corrected chi connectivity index (χ2v) is 5.95. The van der Waals surface area contributed by atoms with Gasteiger partial charge in [0.1, 0.15) is 18.0 Å². The summed E-state index contributed by atoms with van der Waals surface area (Å²) < 4.78 is 0. The second-order valence-electron chi connectivity index (χ2n) is 5.95. The van der Waals surface area contributed by atoms with Crippen LogP contribution in [0.15, 0.2) is 67.0 Å². The molecule has 0 bridgehead atoms. The van der Waals surface area contributed by atoms with Crippen molar-refractivity contribution in [1.82, 2.24) is 9.97 Å². The number of benzene rings is 2. The molecule has 0 aliphatic heterocycles. The minimum atomic E-state index is 0.751. The minimum absolute atomic E-state index is 0.751. The predicted molar refractivity (Wildman–Crippen MR) is 99.1 cm³/mol. The SMILES string of the molecule is Cc1cccc(CNc2cc(N(C)Cc3ccccc3)ncn2)c1. The summed E-state index contributed by atoms with van der Waals surface area (Å²) in [7, 11) is 2.04. The third-order valence-corrected chi connectivity index (χ3v) is 3.86. The van der Waals surface area contributed by atoms with E-state index >= 15 is 0 Å². The standard InChI is InChI=1S/C20H22N4/c1-16-7-6-10-18(11-16)13-21-19-12-20(23-15-22-19)24(2)14-17-8-4-3-5-9-17/h3-12,15H,13-14H2,1-2H3,(H,21,22,23). The molecule has 0 spiro atoms. The molecular weight excluding hydrogens is 296 g/mol. The average molecular weight is 318 g/mol. The van der Waals surface area contributed by atoms with E-state index < -0.39 is 0 Å². The van der Waals surface area contributed by atoms with E-state index in [1.54, 1.807) is 6.33 Å². The van der Waals surface area contributed by atoms with Crippen LogP contribution in [0.2, 0.25) is 0 Å². The number of aryl methyl sites for hydroxylation is 1. The Morgan fingerprint density at radius 2 is 1.71 bits per heavy atom. The molecule has 0 aliphatic rings. The molecule has 0 amide bonds. The Balaban J connectivity index is 1.65. The molecule has 2 aromatic carbocycles. The summed E-state index contributed by atoms with van der Waals surface area (Å²) >= 11 is 0. The maximum Gasteiger partial charge on any atom is 0.134 e. The van der Waals surface area contributed by atoms with Crippen molar-refractivity contribution in [1.29, 1.82) is 0 Å². The summed E-state index contributed by atoms with van der Waals surface area (Å²) in [5.74, 6) is 1.74. The summed E-state index contributed by atoms with van der Waals surface area (Å²) in [6.45, 7) is 3.67. The number of aromatic nitrogens is 2. The van der Waals surface area contributed by atoms with E-state index in [0.717, 1.165) is 24.7 Å². The number of rotatable bonds is 6. The normalized spacial score (nSPS) is 10.4. The number of hydrogen-bond acceptors (Lipinski definition) is 4. The summed E-state index contributed by atoms with van der Waals surface area (Å²) in [6, 6.07) is 20.8. The van der Waals surface area contributed by atoms with E-state index in [-0.39, 0.29) is 0 Å². The minimum Gasteiger partial charge on any atom is -0.366 e. The molecule has 0 aliphatic carbocycles. The zero-order valence-electron chi connectivity index (χ0n) is 14.1. The van der Waals surface area contributed by atoms with Gasteiger partial charge in [0, 0.05) is 26.2 Å². The molecular formula is C20H22N4. The van der Waals surface area contributed by atoms with Crippen molar-refractivity contribution in [2.75, 3.05) is 17.3 Å². The van der Waals surface area contributed by atoms with Gasteiger partial charge in [-0.3, -0.25) is 0 Å². The second kappa shape index (κ2) is 7.59. The van der Waals surface area contributed by atoms with E-state index in [2.05, 4.69) is 75.6 Å². The van der Waals surface area contributed by atoms with Gasteiger partial charge in [-0.1, -0.05) is 60.2 Å². The predicted octanol–water partition coefficient (Wildman–Crippen LogP) is 4.03. The molecule has 0 saturated carbocycles. The van der Waals surface area contributed by atoms with Crippen LogP contribution in [-0.2, 0) is 13.1 Å². The van der Waals surface area contributed by atoms with Gasteiger partial charge in [-0.15, -0.1) is 0 Å². The lowest BCUT2D eigenvalue weighted by atomic mass is 10.1. The maximum absolute atomic E-state index is 4.38. The molecule has 3 rings (SSSR count). The van der Waals surface area contributed by atoms with Crippen molar-refractivity contribution >= 4 is 11.6 Å². The highest BCUT2D eigenvalue weighted by Crippen LogP contribution is 2.16. The summed E-state index contributed by atoms with van der Waals surface area (Å²) in [5, 5.41) is 3.37. The molecule has 122 valence electrons. The van der Waals surface area contributed by atoms with Crippen molar-refractivity contribution in [3.63, 3.8) is 0 Å². The van der Waals surface area contributed by atoms with Crippen LogP contribution in [0.1, 0.15) is 16.7 Å². The number of nitrogens with one attached hydrogen (secondary N) is 1. The quantitative estimate of drug-likeness (QED) is 0.745. The molecule has 0 radical (unpaired) electrons. The van der Waals surface area contributed by atoms with E-state index in [0.29, 0.717) is 0 Å². The Kier molecular flexibility index (Phi) is 5.06. The highest BCUT2D eigenvalue weighted by atomic mass is 15.2. The first kappa shape index (κ1) is 16.0. The van der Waals surface area contributed by atoms with Crippen molar-refractivity contribution in [3.8, 4) is 0 Å². The summed E-state index contributed by atoms with van der Waals surface area (Å²) in [6.07, 6.45) is 1.61. The first-order valence-corrected chi connectivity index (χ1v) is 8.07. The highest BCUT2D eigenvalue weighted by molar-refractivity contribution is 5.48. The van der Waals surface area contributed by atoms with Gasteiger partial charge in [0.25, 0.3) is 0 Å². The molecule has 24 heavy (non-hydrogen) atoms. The van der Waals surface area contributed by atoms with Crippen LogP contribution in [0.25, 0.3) is 0 Å². The molecule has 0 fully saturated rings. The van der Waals surface area contributed by atoms with Crippen molar-refractivity contribution in [3.05, 3.63) is 83.7 Å². The van der Waals surface area contributed by atoms with Gasteiger partial charge >= 0.3 is 0 Å². The first-order valence-electron chi connectivity index (χ1n) is 8.07. The van der Waals surface area contributed by atoms with Gasteiger partial charge in [-0.05, 0) is 18.1 Å². The van der Waals surface area contributed by atoms with E-state index in [1.165, 1.54) is 16.7 Å². The van der Waals surface area contributed by atoms with Crippen LogP contribution in [-0.4, -0.2) is 17.0 Å². The Bertz CT molecular complexity index is 786. The van der Waals surface area contributed by atoms with Crippen molar-refractivity contribution in [2.24, 2.45) is 0 Å². The van der Waals surface area contributed by atoms with E-state index in [4.69, 9.17) is 0 Å². The monoisotopic (exact) mass is 318 g/mol. The topological polar surface area (TPSA) is 41.0 Å². The number of anilines is 2. The molecule has 1 aromatic heterocycles. The number of nitrogens with zero attached hydrogens (tertiary/aromatic N) is 3. The molecule has 0 atom stereocenters. The number of hydrogen-bond donors (Lipinski definition) is 1. The summed E-state index contributed by atoms with van der Waals surface area (Å²) in [4.78, 5) is 10.8. The lowest BCUT2D eigenvalue weighted by molar-refractivity contribution is 0.890. The molecule has 1 heterocycles. The Labute approximate surface area is 143 Å². The Morgan fingerprint density at radius 3 is 2.50 bits per heavy atom. The van der Waals surface area contributed by atoms with Crippen LogP contribution < -0.4 is 10.2 Å². The third-order valence-electron chi connectivity index (χ3n) is 3.86. The van der Waals surface area contributed by atoms with Crippen molar-refractivity contribution in [2.45, 2.75) is 20.0 Å². The zero-order valence-corrected chi connectivity index (χ0v) is 14.1. The van der Waals surface area contributed by atoms with Gasteiger partial charge in [0.2, 0.25) is 0 Å². The molecule has 1 N–H and O–H groups in total. The Hall–Kier alpha value is -2.88. The highest BCUT2D eigenvalue weighted by Gasteiger charge is 2.05. The molecule has 3 aromatic rings. The fraction of sp³-hybridized carbons (Fsp3) is 0.200.